The molecule has 6 nitrogen and oxygen atoms in total. The van der Waals surface area contributed by atoms with Crippen LogP contribution < -0.4 is 14.4 Å². The predicted molar refractivity (Wildman–Crippen MR) is 126 cm³/mol. The number of benzene rings is 3. The quantitative estimate of drug-likeness (QED) is 0.554. The van der Waals surface area contributed by atoms with Crippen LogP contribution in [0.3, 0.4) is 0 Å². The van der Waals surface area contributed by atoms with Crippen LogP contribution in [-0.2, 0) is 4.79 Å². The first-order chi connectivity index (χ1) is 15.6. The predicted octanol–water partition coefficient (Wildman–Crippen LogP) is 4.52. The smallest absolute Gasteiger partial charge is 0.262 e. The average Bonchev–Trinajstić information content (AvgIpc) is 3.30. The lowest BCUT2D eigenvalue weighted by Gasteiger charge is -2.26. The van der Waals surface area contributed by atoms with Crippen molar-refractivity contribution >= 4 is 17.3 Å². The van der Waals surface area contributed by atoms with Gasteiger partial charge in [-0.2, -0.15) is 5.10 Å². The highest BCUT2D eigenvalue weighted by Crippen LogP contribution is 2.37. The van der Waals surface area contributed by atoms with Crippen molar-refractivity contribution in [3.63, 3.8) is 0 Å². The van der Waals surface area contributed by atoms with E-state index in [1.165, 1.54) is 0 Å². The largest absolute Gasteiger partial charge is 0.497 e. The molecule has 164 valence electrons. The molecular weight excluding hydrogens is 402 g/mol. The Morgan fingerprint density at radius 1 is 0.969 bits per heavy atom. The number of para-hydroxylation sites is 2. The molecule has 1 aliphatic rings. The van der Waals surface area contributed by atoms with E-state index >= 15 is 0 Å². The minimum Gasteiger partial charge on any atom is -0.497 e. The fourth-order valence-electron chi connectivity index (χ4n) is 3.93. The molecule has 1 unspecified atom stereocenters. The number of nitrogens with zero attached hydrogens (tertiary/aromatic N) is 3. The van der Waals surface area contributed by atoms with Crippen LogP contribution in [0.5, 0.6) is 11.5 Å². The van der Waals surface area contributed by atoms with E-state index in [1.54, 1.807) is 19.2 Å². The zero-order chi connectivity index (χ0) is 22.5. The van der Waals surface area contributed by atoms with E-state index in [-0.39, 0.29) is 18.5 Å². The van der Waals surface area contributed by atoms with Crippen molar-refractivity contribution in [2.75, 3.05) is 32.7 Å². The fourth-order valence-corrected chi connectivity index (χ4v) is 3.93. The van der Waals surface area contributed by atoms with Gasteiger partial charge in [-0.1, -0.05) is 36.4 Å². The second-order valence-corrected chi connectivity index (χ2v) is 7.67. The summed E-state index contributed by atoms with van der Waals surface area (Å²) in [7, 11) is 5.20. The van der Waals surface area contributed by atoms with Gasteiger partial charge in [0, 0.05) is 24.7 Å². The van der Waals surface area contributed by atoms with Crippen molar-refractivity contribution in [1.82, 2.24) is 5.01 Å². The highest BCUT2D eigenvalue weighted by atomic mass is 16.5. The highest BCUT2D eigenvalue weighted by molar-refractivity contribution is 6.03. The summed E-state index contributed by atoms with van der Waals surface area (Å²) in [5.74, 6) is 1.46. The monoisotopic (exact) mass is 429 g/mol. The third-order valence-corrected chi connectivity index (χ3v) is 5.66. The molecule has 32 heavy (non-hydrogen) atoms. The van der Waals surface area contributed by atoms with Gasteiger partial charge >= 0.3 is 0 Å². The van der Waals surface area contributed by atoms with Crippen LogP contribution in [0.25, 0.3) is 0 Å². The van der Waals surface area contributed by atoms with E-state index in [0.717, 1.165) is 34.0 Å². The van der Waals surface area contributed by atoms with Gasteiger partial charge in [0.1, 0.15) is 11.5 Å². The molecule has 0 aromatic heterocycles. The lowest BCUT2D eigenvalue weighted by Crippen LogP contribution is -2.36. The summed E-state index contributed by atoms with van der Waals surface area (Å²) >= 11 is 0. The molecule has 1 aliphatic heterocycles. The summed E-state index contributed by atoms with van der Waals surface area (Å²) in [5.41, 5.74) is 3.75. The van der Waals surface area contributed by atoms with Gasteiger partial charge in [0.25, 0.3) is 5.91 Å². The molecule has 1 atom stereocenters. The molecule has 3 aromatic rings. The van der Waals surface area contributed by atoms with Crippen molar-refractivity contribution in [2.24, 2.45) is 5.10 Å². The zero-order valence-electron chi connectivity index (χ0n) is 18.6. The van der Waals surface area contributed by atoms with Gasteiger partial charge in [-0.3, -0.25) is 4.79 Å². The van der Waals surface area contributed by atoms with Gasteiger partial charge in [-0.05, 0) is 48.0 Å². The van der Waals surface area contributed by atoms with Gasteiger partial charge in [0.2, 0.25) is 0 Å². The number of hydrazone groups is 1. The van der Waals surface area contributed by atoms with E-state index in [9.17, 15) is 4.79 Å². The van der Waals surface area contributed by atoms with E-state index in [0.29, 0.717) is 6.42 Å². The first kappa shape index (κ1) is 21.4. The Labute approximate surface area is 188 Å². The molecule has 0 N–H and O–H groups in total. The summed E-state index contributed by atoms with van der Waals surface area (Å²) < 4.78 is 10.9. The maximum absolute atomic E-state index is 13.4. The number of methoxy groups -OCH3 is 2. The lowest BCUT2D eigenvalue weighted by molar-refractivity contribution is -0.131. The van der Waals surface area contributed by atoms with Gasteiger partial charge in [0.15, 0.2) is 0 Å². The summed E-state index contributed by atoms with van der Waals surface area (Å²) in [6, 6.07) is 25.2. The molecule has 4 rings (SSSR count). The summed E-state index contributed by atoms with van der Waals surface area (Å²) in [6.07, 6.45) is 0.605. The van der Waals surface area contributed by atoms with Crippen LogP contribution in [0.4, 0.5) is 5.69 Å². The Bertz CT molecular complexity index is 1100. The Hall–Kier alpha value is -3.80. The SMILES string of the molecule is COc1ccc(C2=NN(C(=O)CN(C)c3ccccc3)C(c3ccccc3OC)C2)cc1. The first-order valence-corrected chi connectivity index (χ1v) is 10.5. The normalized spacial score (nSPS) is 15.3. The third-order valence-electron chi connectivity index (χ3n) is 5.66. The number of likely N-dealkylation sites (N-methyl/N-ethyl adjacent to an activating group) is 1. The van der Waals surface area contributed by atoms with Crippen LogP contribution in [-0.4, -0.2) is 44.4 Å². The van der Waals surface area contributed by atoms with E-state index < -0.39 is 0 Å². The second kappa shape index (κ2) is 9.56. The van der Waals surface area contributed by atoms with Gasteiger partial charge in [-0.25, -0.2) is 5.01 Å². The molecule has 0 saturated heterocycles. The first-order valence-electron chi connectivity index (χ1n) is 10.5. The van der Waals surface area contributed by atoms with Crippen molar-refractivity contribution < 1.29 is 14.3 Å². The summed E-state index contributed by atoms with van der Waals surface area (Å²) in [4.78, 5) is 15.3. The van der Waals surface area contributed by atoms with Gasteiger partial charge < -0.3 is 14.4 Å². The zero-order valence-corrected chi connectivity index (χ0v) is 18.6. The minimum absolute atomic E-state index is 0.0734. The second-order valence-electron chi connectivity index (χ2n) is 7.67. The maximum Gasteiger partial charge on any atom is 0.262 e. The maximum atomic E-state index is 13.4. The number of anilines is 1. The molecule has 0 fully saturated rings. The Morgan fingerprint density at radius 2 is 1.66 bits per heavy atom. The number of hydrogen-bond donors (Lipinski definition) is 0. The number of amides is 1. The van der Waals surface area contributed by atoms with Crippen molar-refractivity contribution in [1.29, 1.82) is 0 Å². The Balaban J connectivity index is 1.65. The average molecular weight is 430 g/mol. The van der Waals surface area contributed by atoms with E-state index in [4.69, 9.17) is 14.6 Å². The number of carbonyl (C=O) groups is 1. The molecule has 1 heterocycles. The van der Waals surface area contributed by atoms with Crippen LogP contribution in [0.2, 0.25) is 0 Å². The topological polar surface area (TPSA) is 54.4 Å². The third kappa shape index (κ3) is 4.44. The van der Waals surface area contributed by atoms with E-state index in [2.05, 4.69) is 0 Å². The highest BCUT2D eigenvalue weighted by Gasteiger charge is 2.35. The number of hydrogen-bond acceptors (Lipinski definition) is 5. The number of ether oxygens (including phenoxy) is 2. The van der Waals surface area contributed by atoms with Gasteiger partial charge in [-0.15, -0.1) is 0 Å². The lowest BCUT2D eigenvalue weighted by atomic mass is 9.97. The molecule has 3 aromatic carbocycles. The Morgan fingerprint density at radius 3 is 2.34 bits per heavy atom. The van der Waals surface area contributed by atoms with Crippen molar-refractivity contribution in [3.05, 3.63) is 90.0 Å². The van der Waals surface area contributed by atoms with Crippen LogP contribution >= 0.6 is 0 Å². The summed E-state index contributed by atoms with van der Waals surface area (Å²) in [6.45, 7) is 0.217. The molecule has 0 spiro atoms. The number of carbonyl (C=O) groups excluding carboxylic acids is 1. The molecule has 0 saturated carbocycles. The standard InChI is InChI=1S/C26H27N3O3/c1-28(20-9-5-4-6-10-20)18-26(30)29-24(22-11-7-8-12-25(22)32-3)17-23(27-29)19-13-15-21(31-2)16-14-19/h4-16,24H,17-18H2,1-3H3. The fraction of sp³-hybridized carbons (Fsp3) is 0.231. The van der Waals surface area contributed by atoms with Gasteiger partial charge in [0.05, 0.1) is 32.5 Å². The van der Waals surface area contributed by atoms with Crippen molar-refractivity contribution in [2.45, 2.75) is 12.5 Å². The minimum atomic E-state index is -0.236. The molecule has 1 amide bonds. The van der Waals surface area contributed by atoms with Crippen LogP contribution in [0.1, 0.15) is 23.6 Å². The molecule has 0 aliphatic carbocycles. The summed E-state index contributed by atoms with van der Waals surface area (Å²) in [5, 5.41) is 6.38. The van der Waals surface area contributed by atoms with Crippen LogP contribution in [0.15, 0.2) is 84.0 Å². The Kier molecular flexibility index (Phi) is 6.40. The van der Waals surface area contributed by atoms with Crippen LogP contribution in [0, 0.1) is 0 Å². The van der Waals surface area contributed by atoms with E-state index in [1.807, 2.05) is 90.8 Å². The molecule has 0 radical (unpaired) electrons. The van der Waals surface area contributed by atoms with Crippen molar-refractivity contribution in [3.8, 4) is 11.5 Å². The number of rotatable bonds is 7. The molecular formula is C26H27N3O3. The molecule has 0 bridgehead atoms. The molecule has 6 heteroatoms.